The predicted octanol–water partition coefficient (Wildman–Crippen LogP) is 0.469. The van der Waals surface area contributed by atoms with Crippen LogP contribution in [0, 0.1) is 5.41 Å². The number of hydrogen-bond donors (Lipinski definition) is 0. The fraction of sp³-hybridized carbons (Fsp3) is 0.833. The normalized spacial score (nSPS) is 31.5. The molecule has 0 radical (unpaired) electrons. The van der Waals surface area contributed by atoms with Crippen LogP contribution in [0.5, 0.6) is 0 Å². The maximum Gasteiger partial charge on any atom is 0.311 e. The van der Waals surface area contributed by atoms with Crippen LogP contribution in [0.15, 0.2) is 0 Å². The first-order chi connectivity index (χ1) is 13.5. The zero-order valence-corrected chi connectivity index (χ0v) is 17.4. The molecule has 11 heteroatoms. The number of rotatable bonds is 9. The maximum atomic E-state index is 12.0. The Kier molecular flexibility index (Phi) is 6.21. The van der Waals surface area contributed by atoms with Crippen LogP contribution in [0.2, 0.25) is 0 Å². The van der Waals surface area contributed by atoms with Gasteiger partial charge < -0.3 is 18.9 Å². The molecule has 3 aliphatic rings. The van der Waals surface area contributed by atoms with Gasteiger partial charge in [-0.15, -0.1) is 0 Å². The number of fused-ring (bicyclic) bond motifs is 1. The minimum absolute atomic E-state index is 0.0599. The van der Waals surface area contributed by atoms with E-state index in [0.29, 0.717) is 6.42 Å². The lowest BCUT2D eigenvalue weighted by Crippen LogP contribution is -2.41. The molecule has 0 aliphatic carbocycles. The summed E-state index contributed by atoms with van der Waals surface area (Å²) in [6.45, 7) is 5.24. The van der Waals surface area contributed by atoms with Crippen molar-refractivity contribution in [3.05, 3.63) is 0 Å². The van der Waals surface area contributed by atoms with Crippen molar-refractivity contribution in [3.8, 4) is 0 Å². The molecule has 0 spiro atoms. The smallest absolute Gasteiger partial charge is 0.311 e. The molecular formula is C18H26O10S. The SMILES string of the molecule is CCC(C)(C)C(=O)OCCOC(=O)CCC(=O)OC1C2CC3C(O2)C1OS3(=O)=O. The van der Waals surface area contributed by atoms with E-state index in [1.54, 1.807) is 13.8 Å². The molecule has 164 valence electrons. The van der Waals surface area contributed by atoms with E-state index in [9.17, 15) is 22.8 Å². The number of hydrogen-bond acceptors (Lipinski definition) is 10. The lowest BCUT2D eigenvalue weighted by molar-refractivity contribution is -0.160. The zero-order valence-electron chi connectivity index (χ0n) is 16.6. The highest BCUT2D eigenvalue weighted by Gasteiger charge is 2.67. The molecule has 0 aromatic heterocycles. The maximum absolute atomic E-state index is 12.0. The van der Waals surface area contributed by atoms with Crippen molar-refractivity contribution in [2.75, 3.05) is 13.2 Å². The molecule has 0 N–H and O–H groups in total. The Bertz CT molecular complexity index is 774. The van der Waals surface area contributed by atoms with E-state index in [2.05, 4.69) is 0 Å². The molecule has 0 aromatic rings. The number of esters is 3. The van der Waals surface area contributed by atoms with Crippen LogP contribution in [0.25, 0.3) is 0 Å². The van der Waals surface area contributed by atoms with E-state index in [-0.39, 0.29) is 38.4 Å². The van der Waals surface area contributed by atoms with Crippen molar-refractivity contribution in [1.29, 1.82) is 0 Å². The Morgan fingerprint density at radius 2 is 1.69 bits per heavy atom. The molecule has 10 nitrogen and oxygen atoms in total. The van der Waals surface area contributed by atoms with Crippen molar-refractivity contribution in [2.24, 2.45) is 5.41 Å². The minimum Gasteiger partial charge on any atom is -0.462 e. The summed E-state index contributed by atoms with van der Waals surface area (Å²) in [7, 11) is -3.68. The highest BCUT2D eigenvalue weighted by molar-refractivity contribution is 7.87. The predicted molar refractivity (Wildman–Crippen MR) is 96.0 cm³/mol. The van der Waals surface area contributed by atoms with E-state index in [1.165, 1.54) is 0 Å². The Morgan fingerprint density at radius 1 is 1.03 bits per heavy atom. The summed E-state index contributed by atoms with van der Waals surface area (Å²) in [4.78, 5) is 35.5. The van der Waals surface area contributed by atoms with Gasteiger partial charge in [-0.25, -0.2) is 0 Å². The van der Waals surface area contributed by atoms with E-state index in [4.69, 9.17) is 23.1 Å². The second-order valence-corrected chi connectivity index (χ2v) is 9.80. The Balaban J connectivity index is 1.33. The van der Waals surface area contributed by atoms with Crippen molar-refractivity contribution in [1.82, 2.24) is 0 Å². The quantitative estimate of drug-likeness (QED) is 0.218. The topological polar surface area (TPSA) is 132 Å². The molecule has 3 aliphatic heterocycles. The van der Waals surface area contributed by atoms with Crippen LogP contribution >= 0.6 is 0 Å². The van der Waals surface area contributed by atoms with Crippen LogP contribution in [-0.4, -0.2) is 69.2 Å². The summed E-state index contributed by atoms with van der Waals surface area (Å²) >= 11 is 0. The van der Waals surface area contributed by atoms with Crippen molar-refractivity contribution in [3.63, 3.8) is 0 Å². The van der Waals surface area contributed by atoms with Gasteiger partial charge in [0.15, 0.2) is 6.10 Å². The van der Waals surface area contributed by atoms with Crippen LogP contribution in [-0.2, 0) is 47.6 Å². The van der Waals surface area contributed by atoms with Crippen LogP contribution < -0.4 is 0 Å². The molecule has 5 atom stereocenters. The number of carbonyl (C=O) groups is 3. The van der Waals surface area contributed by atoms with E-state index in [0.717, 1.165) is 0 Å². The molecule has 29 heavy (non-hydrogen) atoms. The molecule has 0 saturated carbocycles. The van der Waals surface area contributed by atoms with E-state index in [1.807, 2.05) is 6.92 Å². The van der Waals surface area contributed by atoms with Crippen molar-refractivity contribution >= 4 is 28.0 Å². The average molecular weight is 434 g/mol. The van der Waals surface area contributed by atoms with Gasteiger partial charge in [0.05, 0.1) is 24.4 Å². The number of ether oxygens (including phenoxy) is 4. The van der Waals surface area contributed by atoms with Gasteiger partial charge in [-0.05, 0) is 26.7 Å². The largest absolute Gasteiger partial charge is 0.462 e. The molecular weight excluding hydrogens is 408 g/mol. The summed E-state index contributed by atoms with van der Waals surface area (Å²) in [5, 5.41) is -0.695. The number of carbonyl (C=O) groups excluding carboxylic acids is 3. The highest BCUT2D eigenvalue weighted by Crippen LogP contribution is 2.47. The molecule has 3 rings (SSSR count). The van der Waals surface area contributed by atoms with Crippen LogP contribution in [0.1, 0.15) is 46.5 Å². The van der Waals surface area contributed by atoms with Crippen molar-refractivity contribution < 1.29 is 45.9 Å². The summed E-state index contributed by atoms with van der Waals surface area (Å²) in [5.41, 5.74) is -0.598. The van der Waals surface area contributed by atoms with Gasteiger partial charge in [-0.2, -0.15) is 8.42 Å². The minimum atomic E-state index is -3.68. The van der Waals surface area contributed by atoms with Gasteiger partial charge in [0.1, 0.15) is 30.7 Å². The summed E-state index contributed by atoms with van der Waals surface area (Å²) in [6, 6.07) is 0. The lowest BCUT2D eigenvalue weighted by Gasteiger charge is -2.21. The van der Waals surface area contributed by atoms with Gasteiger partial charge in [-0.1, -0.05) is 6.92 Å². The lowest BCUT2D eigenvalue weighted by atomic mass is 9.91. The standard InChI is InChI=1S/C18H26O10S/c1-4-18(2,3)17(21)25-8-7-24-12(19)5-6-13(20)27-14-10-9-11-15(26-10)16(14)28-29(11,22)23/h10-11,14-16H,4-9H2,1-3H3. The molecule has 3 heterocycles. The molecule has 2 bridgehead atoms. The van der Waals surface area contributed by atoms with Gasteiger partial charge in [0.2, 0.25) is 0 Å². The second-order valence-electron chi connectivity index (χ2n) is 8.02. The fourth-order valence-corrected chi connectivity index (χ4v) is 5.13. The third kappa shape index (κ3) is 4.56. The molecule has 0 amide bonds. The summed E-state index contributed by atoms with van der Waals surface area (Å²) in [6.07, 6.45) is -2.30. The van der Waals surface area contributed by atoms with Crippen LogP contribution in [0.3, 0.4) is 0 Å². The Labute approximate surface area is 169 Å². The Morgan fingerprint density at radius 3 is 2.38 bits per heavy atom. The van der Waals surface area contributed by atoms with Gasteiger partial charge >= 0.3 is 17.9 Å². The Hall–Kier alpha value is -1.72. The monoisotopic (exact) mass is 434 g/mol. The molecule has 3 fully saturated rings. The van der Waals surface area contributed by atoms with E-state index < -0.39 is 57.1 Å². The first kappa shape index (κ1) is 22.0. The summed E-state index contributed by atoms with van der Waals surface area (Å²) < 4.78 is 49.5. The highest BCUT2D eigenvalue weighted by atomic mass is 32.2. The van der Waals surface area contributed by atoms with Gasteiger partial charge in [0.25, 0.3) is 10.1 Å². The summed E-state index contributed by atoms with van der Waals surface area (Å²) in [5.74, 6) is -1.66. The molecule has 3 saturated heterocycles. The third-order valence-corrected chi connectivity index (χ3v) is 7.30. The second kappa shape index (κ2) is 8.19. The first-order valence-electron chi connectivity index (χ1n) is 9.65. The zero-order chi connectivity index (χ0) is 21.4. The average Bonchev–Trinajstić information content (AvgIpc) is 3.27. The van der Waals surface area contributed by atoms with E-state index >= 15 is 0 Å². The van der Waals surface area contributed by atoms with Gasteiger partial charge in [0, 0.05) is 0 Å². The van der Waals surface area contributed by atoms with Crippen molar-refractivity contribution in [2.45, 2.75) is 76.1 Å². The molecule has 0 aromatic carbocycles. The molecule has 5 unspecified atom stereocenters. The third-order valence-electron chi connectivity index (χ3n) is 5.61. The van der Waals surface area contributed by atoms with Gasteiger partial charge in [-0.3, -0.25) is 18.6 Å². The fourth-order valence-electron chi connectivity index (χ4n) is 3.48. The first-order valence-corrected chi connectivity index (χ1v) is 11.1. The van der Waals surface area contributed by atoms with Crippen LogP contribution in [0.4, 0.5) is 0 Å².